The molecule has 0 radical (unpaired) electrons. The number of ether oxygens (including phenoxy) is 1. The van der Waals surface area contributed by atoms with E-state index < -0.39 is 31.6 Å². The molecule has 10 nitrogen and oxygen atoms in total. The molecule has 1 aromatic heterocycles. The minimum Gasteiger partial charge on any atom is -0.395 e. The van der Waals surface area contributed by atoms with Crippen molar-refractivity contribution in [1.82, 2.24) is 20.3 Å². The predicted molar refractivity (Wildman–Crippen MR) is 192 cm³/mol. The van der Waals surface area contributed by atoms with Crippen LogP contribution in [-0.4, -0.2) is 65.6 Å². The van der Waals surface area contributed by atoms with Gasteiger partial charge in [0.1, 0.15) is 0 Å². The molecular formula is C38H45FN6O4Si. The maximum Gasteiger partial charge on any atom is 0.264 e. The van der Waals surface area contributed by atoms with Crippen molar-refractivity contribution in [2.45, 2.75) is 81.6 Å². The molecule has 3 aromatic carbocycles. The highest BCUT2D eigenvalue weighted by molar-refractivity contribution is 6.72. The average molecular weight is 697 g/mol. The topological polar surface area (TPSA) is 122 Å². The number of benzene rings is 3. The number of hydrogen-bond donors (Lipinski definition) is 3. The van der Waals surface area contributed by atoms with Crippen LogP contribution >= 0.6 is 0 Å². The van der Waals surface area contributed by atoms with Gasteiger partial charge in [-0.05, 0) is 68.2 Å². The summed E-state index contributed by atoms with van der Waals surface area (Å²) in [6.07, 6.45) is 3.58. The van der Waals surface area contributed by atoms with E-state index in [0.717, 1.165) is 41.8 Å². The van der Waals surface area contributed by atoms with E-state index in [0.29, 0.717) is 30.9 Å². The third kappa shape index (κ3) is 6.30. The molecule has 2 fully saturated rings. The summed E-state index contributed by atoms with van der Waals surface area (Å²) >= 11 is 0. The number of fused-ring (bicyclic) bond motifs is 2. The Morgan fingerprint density at radius 2 is 1.86 bits per heavy atom. The number of para-hydroxylation sites is 1. The molecule has 3 aliphatic heterocycles. The summed E-state index contributed by atoms with van der Waals surface area (Å²) in [5.41, 5.74) is 3.00. The van der Waals surface area contributed by atoms with Crippen LogP contribution in [0.2, 0.25) is 18.6 Å². The van der Waals surface area contributed by atoms with Crippen molar-refractivity contribution in [3.63, 3.8) is 0 Å². The summed E-state index contributed by atoms with van der Waals surface area (Å²) in [6.45, 7) is 6.86. The maximum absolute atomic E-state index is 16.3. The highest BCUT2D eigenvalue weighted by Crippen LogP contribution is 2.60. The SMILES string of the molecule is C[C@@H]1[C@@H]([Si](C)(C)F)[C@H](CCn2cc(C(CO)c3ccccc3)nn2)O[C@@]12C(=O)N(Cc1ccc(NC(=O)[C@H]3CCCN3)cc1)c1ccccc12. The number of aliphatic hydroxyl groups is 1. The van der Waals surface area contributed by atoms with Gasteiger partial charge in [-0.25, -0.2) is 0 Å². The van der Waals surface area contributed by atoms with Crippen LogP contribution in [0.4, 0.5) is 15.5 Å². The highest BCUT2D eigenvalue weighted by atomic mass is 28.4. The second-order valence-electron chi connectivity index (χ2n) is 14.4. The quantitative estimate of drug-likeness (QED) is 0.140. The number of aromatic nitrogens is 3. The normalized spacial score (nSPS) is 25.3. The van der Waals surface area contributed by atoms with Gasteiger partial charge in [0.05, 0.1) is 42.6 Å². The Morgan fingerprint density at radius 3 is 2.56 bits per heavy atom. The molecule has 7 rings (SSSR count). The summed E-state index contributed by atoms with van der Waals surface area (Å²) in [5, 5.41) is 25.0. The third-order valence-electron chi connectivity index (χ3n) is 10.7. The molecule has 2 saturated heterocycles. The number of halogens is 1. The van der Waals surface area contributed by atoms with Crippen molar-refractivity contribution in [3.8, 4) is 0 Å². The fraction of sp³-hybridized carbons (Fsp3) is 0.421. The van der Waals surface area contributed by atoms with E-state index in [1.54, 1.807) is 22.7 Å². The number of carbonyl (C=O) groups excluding carboxylic acids is 2. The monoisotopic (exact) mass is 696 g/mol. The Kier molecular flexibility index (Phi) is 9.46. The van der Waals surface area contributed by atoms with Gasteiger partial charge in [0.15, 0.2) is 5.60 Å². The molecule has 6 atom stereocenters. The number of amides is 2. The Bertz CT molecular complexity index is 1830. The number of aryl methyl sites for hydroxylation is 1. The second kappa shape index (κ2) is 13.8. The van der Waals surface area contributed by atoms with Crippen molar-refractivity contribution >= 4 is 31.6 Å². The zero-order chi connectivity index (χ0) is 35.0. The van der Waals surface area contributed by atoms with Gasteiger partial charge >= 0.3 is 0 Å². The number of rotatable bonds is 11. The first-order valence-electron chi connectivity index (χ1n) is 17.6. The lowest BCUT2D eigenvalue weighted by Crippen LogP contribution is -2.45. The van der Waals surface area contributed by atoms with E-state index in [2.05, 4.69) is 20.9 Å². The zero-order valence-corrected chi connectivity index (χ0v) is 29.8. The molecule has 262 valence electrons. The van der Waals surface area contributed by atoms with E-state index in [4.69, 9.17) is 4.74 Å². The van der Waals surface area contributed by atoms with Crippen LogP contribution in [-0.2, 0) is 33.0 Å². The lowest BCUT2D eigenvalue weighted by atomic mass is 9.82. The lowest BCUT2D eigenvalue weighted by Gasteiger charge is -2.31. The second-order valence-corrected chi connectivity index (χ2v) is 18.2. The number of carbonyl (C=O) groups is 2. The van der Waals surface area contributed by atoms with Crippen LogP contribution in [0.15, 0.2) is 85.1 Å². The number of hydrogen-bond acceptors (Lipinski definition) is 7. The third-order valence-corrected chi connectivity index (χ3v) is 13.2. The summed E-state index contributed by atoms with van der Waals surface area (Å²) < 4.78 is 24.9. The maximum atomic E-state index is 16.3. The first-order valence-corrected chi connectivity index (χ1v) is 20.5. The number of aliphatic hydroxyl groups excluding tert-OH is 1. The van der Waals surface area contributed by atoms with Gasteiger partial charge in [-0.2, -0.15) is 0 Å². The van der Waals surface area contributed by atoms with Crippen molar-refractivity contribution in [3.05, 3.63) is 107 Å². The predicted octanol–water partition coefficient (Wildman–Crippen LogP) is 5.50. The van der Waals surface area contributed by atoms with Crippen LogP contribution in [0.5, 0.6) is 0 Å². The molecule has 3 aliphatic rings. The zero-order valence-electron chi connectivity index (χ0n) is 28.8. The summed E-state index contributed by atoms with van der Waals surface area (Å²) in [6, 6.07) is 24.8. The molecular weight excluding hydrogens is 652 g/mol. The Hall–Kier alpha value is -4.23. The van der Waals surface area contributed by atoms with Gasteiger partial charge in [0, 0.05) is 35.5 Å². The fourth-order valence-corrected chi connectivity index (χ4v) is 10.9. The molecule has 2 amide bonds. The molecule has 0 saturated carbocycles. The van der Waals surface area contributed by atoms with Crippen LogP contribution in [0.3, 0.4) is 0 Å². The molecule has 3 N–H and O–H groups in total. The largest absolute Gasteiger partial charge is 0.395 e. The van der Waals surface area contributed by atoms with Gasteiger partial charge in [-0.1, -0.05) is 72.8 Å². The lowest BCUT2D eigenvalue weighted by molar-refractivity contribution is -0.146. The van der Waals surface area contributed by atoms with Crippen molar-refractivity contribution in [2.75, 3.05) is 23.4 Å². The fourth-order valence-electron chi connectivity index (χ4n) is 8.34. The van der Waals surface area contributed by atoms with Gasteiger partial charge in [0.25, 0.3) is 5.91 Å². The Balaban J connectivity index is 1.10. The van der Waals surface area contributed by atoms with Gasteiger partial charge in [-0.3, -0.25) is 14.3 Å². The molecule has 1 spiro atoms. The first-order chi connectivity index (χ1) is 24.1. The van der Waals surface area contributed by atoms with Crippen molar-refractivity contribution < 1.29 is 23.5 Å². The number of nitrogens with one attached hydrogen (secondary N) is 2. The molecule has 0 bridgehead atoms. The van der Waals surface area contributed by atoms with Crippen molar-refractivity contribution in [2.24, 2.45) is 5.92 Å². The summed E-state index contributed by atoms with van der Waals surface area (Å²) in [7, 11) is -3.33. The number of anilines is 2. The van der Waals surface area contributed by atoms with E-state index in [1.807, 2.05) is 92.0 Å². The molecule has 0 aliphatic carbocycles. The van der Waals surface area contributed by atoms with E-state index >= 15 is 4.11 Å². The van der Waals surface area contributed by atoms with Crippen LogP contribution in [0.25, 0.3) is 0 Å². The molecule has 4 heterocycles. The minimum absolute atomic E-state index is 0.0394. The van der Waals surface area contributed by atoms with Crippen molar-refractivity contribution in [1.29, 1.82) is 0 Å². The van der Waals surface area contributed by atoms with E-state index in [1.165, 1.54) is 0 Å². The van der Waals surface area contributed by atoms with Crippen LogP contribution in [0, 0.1) is 5.92 Å². The number of nitrogens with zero attached hydrogens (tertiary/aromatic N) is 4. The average Bonchev–Trinajstić information content (AvgIpc) is 3.91. The standard InChI is InChI=1S/C38H45FN6O4Si/c1-25-35(50(2,3)39)34(19-21-44-23-32(42-43-44)29(24-46)27-10-5-4-6-11-27)49-38(25)30-12-7-8-14-33(30)45(37(38)48)22-26-15-17-28(18-16-26)41-36(47)31-13-9-20-40-31/h4-8,10-12,14-18,23,25,29,31,34-35,40,46H,9,13,19-22,24H2,1-3H3,(H,41,47)/t25-,29?,31-,34+,35-,38+/m1/s1. The minimum atomic E-state index is -3.33. The summed E-state index contributed by atoms with van der Waals surface area (Å²) in [5.74, 6) is -0.924. The molecule has 12 heteroatoms. The van der Waals surface area contributed by atoms with Crippen LogP contribution in [0.1, 0.15) is 54.5 Å². The van der Waals surface area contributed by atoms with Gasteiger partial charge < -0.3 is 29.5 Å². The Morgan fingerprint density at radius 1 is 1.12 bits per heavy atom. The molecule has 4 aromatic rings. The highest BCUT2D eigenvalue weighted by Gasteiger charge is 2.66. The van der Waals surface area contributed by atoms with Gasteiger partial charge in [0.2, 0.25) is 14.3 Å². The Labute approximate surface area is 293 Å². The summed E-state index contributed by atoms with van der Waals surface area (Å²) in [4.78, 5) is 29.0. The van der Waals surface area contributed by atoms with Crippen LogP contribution < -0.4 is 15.5 Å². The van der Waals surface area contributed by atoms with Gasteiger partial charge in [-0.15, -0.1) is 5.10 Å². The first kappa shape index (κ1) is 34.2. The molecule has 1 unspecified atom stereocenters. The van der Waals surface area contributed by atoms with E-state index in [-0.39, 0.29) is 30.4 Å². The smallest absolute Gasteiger partial charge is 0.264 e. The molecule has 50 heavy (non-hydrogen) atoms. The van der Waals surface area contributed by atoms with E-state index in [9.17, 15) is 14.7 Å².